The Kier molecular flexibility index (Phi) is 4.62. The summed E-state index contributed by atoms with van der Waals surface area (Å²) in [6.07, 6.45) is 1.61. The Balaban J connectivity index is 1.51. The van der Waals surface area contributed by atoms with Crippen LogP contribution in [0.4, 0.5) is 0 Å². The number of fused-ring (bicyclic) bond motifs is 1. The Hall–Kier alpha value is -3.15. The molecule has 0 saturated carbocycles. The van der Waals surface area contributed by atoms with E-state index in [0.717, 1.165) is 41.0 Å². The molecule has 2 aliphatic rings. The lowest BCUT2D eigenvalue weighted by Crippen LogP contribution is -2.35. The number of carbonyl (C=O) groups is 2. The Morgan fingerprint density at radius 1 is 1.19 bits per heavy atom. The smallest absolute Gasteiger partial charge is 0.253 e. The number of nitrogens with zero attached hydrogens (tertiary/aromatic N) is 1. The van der Waals surface area contributed by atoms with E-state index in [2.05, 4.69) is 15.8 Å². The first-order valence-electron chi connectivity index (χ1n) is 9.03. The molecule has 0 radical (unpaired) electrons. The predicted molar refractivity (Wildman–Crippen MR) is 102 cm³/mol. The van der Waals surface area contributed by atoms with Gasteiger partial charge in [-0.25, -0.2) is 5.43 Å². The van der Waals surface area contributed by atoms with E-state index in [4.69, 9.17) is 4.74 Å². The lowest BCUT2D eigenvalue weighted by molar-refractivity contribution is -0.133. The van der Waals surface area contributed by atoms with Crippen LogP contribution < -0.4 is 15.5 Å². The van der Waals surface area contributed by atoms with Crippen LogP contribution in [0.1, 0.15) is 29.0 Å². The van der Waals surface area contributed by atoms with Gasteiger partial charge in [-0.2, -0.15) is 5.10 Å². The molecule has 6 heteroatoms. The summed E-state index contributed by atoms with van der Waals surface area (Å²) in [4.78, 5) is 24.9. The average Bonchev–Trinajstić information content (AvgIpc) is 3.29. The van der Waals surface area contributed by atoms with Gasteiger partial charge < -0.3 is 10.1 Å². The number of methoxy groups -OCH3 is 1. The van der Waals surface area contributed by atoms with E-state index in [1.807, 2.05) is 48.5 Å². The number of amides is 2. The zero-order valence-corrected chi connectivity index (χ0v) is 15.1. The summed E-state index contributed by atoms with van der Waals surface area (Å²) in [5, 5.41) is 7.12. The van der Waals surface area contributed by atoms with Gasteiger partial charge in [0.2, 0.25) is 5.91 Å². The molecule has 1 aliphatic carbocycles. The van der Waals surface area contributed by atoms with E-state index in [0.29, 0.717) is 6.54 Å². The van der Waals surface area contributed by atoms with Crippen molar-refractivity contribution in [3.05, 3.63) is 65.2 Å². The predicted octanol–water partition coefficient (Wildman–Crippen LogP) is 1.99. The summed E-state index contributed by atoms with van der Waals surface area (Å²) in [5.41, 5.74) is 6.60. The second-order valence-electron chi connectivity index (χ2n) is 6.80. The summed E-state index contributed by atoms with van der Waals surface area (Å²) in [6.45, 7) is 0.458. The SMILES string of the molecule is COc1ccc2c(c1)CC/C2=N\NC(=O)C1C(=O)NCC1c1ccccc1. The number of rotatable bonds is 4. The number of carbonyl (C=O) groups excluding carboxylic acids is 2. The number of hydrazone groups is 1. The molecule has 2 aromatic carbocycles. The third kappa shape index (κ3) is 3.30. The van der Waals surface area contributed by atoms with Crippen molar-refractivity contribution >= 4 is 17.5 Å². The van der Waals surface area contributed by atoms with Gasteiger partial charge in [-0.1, -0.05) is 30.3 Å². The van der Waals surface area contributed by atoms with Crippen molar-refractivity contribution in [1.82, 2.24) is 10.7 Å². The molecule has 0 spiro atoms. The highest BCUT2D eigenvalue weighted by molar-refractivity contribution is 6.06. The average molecular weight is 363 g/mol. The minimum absolute atomic E-state index is 0.181. The molecule has 2 amide bonds. The minimum Gasteiger partial charge on any atom is -0.497 e. The first kappa shape index (κ1) is 17.3. The third-order valence-electron chi connectivity index (χ3n) is 5.25. The number of hydrogen-bond acceptors (Lipinski definition) is 4. The standard InChI is InChI=1S/C21H21N3O3/c1-27-15-8-9-16-14(11-15)7-10-18(16)23-24-21(26)19-17(12-22-20(19)25)13-5-3-2-4-6-13/h2-6,8-9,11,17,19H,7,10,12H2,1H3,(H,22,25)(H,24,26)/b23-18+. The van der Waals surface area contributed by atoms with Crippen LogP contribution in [0.25, 0.3) is 0 Å². The topological polar surface area (TPSA) is 79.8 Å². The molecule has 0 bridgehead atoms. The zero-order chi connectivity index (χ0) is 18.8. The summed E-state index contributed by atoms with van der Waals surface area (Å²) in [6, 6.07) is 15.5. The van der Waals surface area contributed by atoms with Crippen LogP contribution in [0.2, 0.25) is 0 Å². The summed E-state index contributed by atoms with van der Waals surface area (Å²) < 4.78 is 5.25. The fourth-order valence-electron chi connectivity index (χ4n) is 3.81. The van der Waals surface area contributed by atoms with E-state index in [1.165, 1.54) is 0 Å². The summed E-state index contributed by atoms with van der Waals surface area (Å²) in [5.74, 6) is -0.758. The van der Waals surface area contributed by atoms with Crippen LogP contribution >= 0.6 is 0 Å². The molecule has 2 N–H and O–H groups in total. The number of benzene rings is 2. The molecule has 4 rings (SSSR count). The van der Waals surface area contributed by atoms with Crippen LogP contribution in [-0.4, -0.2) is 31.2 Å². The van der Waals surface area contributed by atoms with E-state index in [9.17, 15) is 9.59 Å². The quantitative estimate of drug-likeness (QED) is 0.644. The van der Waals surface area contributed by atoms with Crippen molar-refractivity contribution in [2.75, 3.05) is 13.7 Å². The molecule has 1 heterocycles. The first-order valence-corrected chi connectivity index (χ1v) is 9.03. The van der Waals surface area contributed by atoms with Crippen molar-refractivity contribution in [1.29, 1.82) is 0 Å². The molecular weight excluding hydrogens is 342 g/mol. The van der Waals surface area contributed by atoms with Gasteiger partial charge in [-0.15, -0.1) is 0 Å². The maximum atomic E-state index is 12.7. The van der Waals surface area contributed by atoms with Crippen molar-refractivity contribution in [3.8, 4) is 5.75 Å². The molecule has 0 aromatic heterocycles. The summed E-state index contributed by atoms with van der Waals surface area (Å²) >= 11 is 0. The Bertz CT molecular complexity index is 908. The molecule has 2 unspecified atom stereocenters. The van der Waals surface area contributed by atoms with Crippen LogP contribution in [0.5, 0.6) is 5.75 Å². The third-order valence-corrected chi connectivity index (χ3v) is 5.25. The van der Waals surface area contributed by atoms with Crippen LogP contribution in [0, 0.1) is 5.92 Å². The molecular formula is C21H21N3O3. The fraction of sp³-hybridized carbons (Fsp3) is 0.286. The minimum atomic E-state index is -0.770. The molecule has 2 atom stereocenters. The van der Waals surface area contributed by atoms with E-state index in [1.54, 1.807) is 7.11 Å². The van der Waals surface area contributed by atoms with Gasteiger partial charge >= 0.3 is 0 Å². The Labute approximate surface area is 157 Å². The highest BCUT2D eigenvalue weighted by Crippen LogP contribution is 2.29. The number of hydrogen-bond donors (Lipinski definition) is 2. The lowest BCUT2D eigenvalue weighted by atomic mass is 9.88. The van der Waals surface area contributed by atoms with Crippen molar-refractivity contribution in [2.24, 2.45) is 11.0 Å². The molecule has 1 fully saturated rings. The molecule has 1 aliphatic heterocycles. The van der Waals surface area contributed by atoms with Crippen molar-refractivity contribution in [3.63, 3.8) is 0 Å². The summed E-state index contributed by atoms with van der Waals surface area (Å²) in [7, 11) is 1.64. The van der Waals surface area contributed by atoms with Crippen LogP contribution in [-0.2, 0) is 16.0 Å². The zero-order valence-electron chi connectivity index (χ0n) is 15.1. The van der Waals surface area contributed by atoms with E-state index in [-0.39, 0.29) is 17.7 Å². The van der Waals surface area contributed by atoms with Gasteiger partial charge in [0.1, 0.15) is 11.7 Å². The van der Waals surface area contributed by atoms with Crippen LogP contribution in [0.15, 0.2) is 53.6 Å². The second kappa shape index (κ2) is 7.23. The van der Waals surface area contributed by atoms with Gasteiger partial charge in [0.05, 0.1) is 12.8 Å². The molecule has 138 valence electrons. The first-order chi connectivity index (χ1) is 13.2. The fourth-order valence-corrected chi connectivity index (χ4v) is 3.81. The normalized spacial score (nSPS) is 22.4. The largest absolute Gasteiger partial charge is 0.497 e. The van der Waals surface area contributed by atoms with Gasteiger partial charge in [0.25, 0.3) is 5.91 Å². The van der Waals surface area contributed by atoms with Crippen molar-refractivity contribution in [2.45, 2.75) is 18.8 Å². The molecule has 27 heavy (non-hydrogen) atoms. The maximum Gasteiger partial charge on any atom is 0.253 e. The highest BCUT2D eigenvalue weighted by Gasteiger charge is 2.41. The van der Waals surface area contributed by atoms with Crippen LogP contribution in [0.3, 0.4) is 0 Å². The van der Waals surface area contributed by atoms with Crippen molar-refractivity contribution < 1.29 is 14.3 Å². The Morgan fingerprint density at radius 2 is 2.00 bits per heavy atom. The van der Waals surface area contributed by atoms with Gasteiger partial charge in [0.15, 0.2) is 0 Å². The number of aryl methyl sites for hydroxylation is 1. The second-order valence-corrected chi connectivity index (χ2v) is 6.80. The van der Waals surface area contributed by atoms with Gasteiger partial charge in [-0.05, 0) is 42.2 Å². The molecule has 2 aromatic rings. The molecule has 1 saturated heterocycles. The number of nitrogens with one attached hydrogen (secondary N) is 2. The highest BCUT2D eigenvalue weighted by atomic mass is 16.5. The van der Waals surface area contributed by atoms with Gasteiger partial charge in [0, 0.05) is 18.0 Å². The van der Waals surface area contributed by atoms with Gasteiger partial charge in [-0.3, -0.25) is 9.59 Å². The van der Waals surface area contributed by atoms with E-state index < -0.39 is 5.92 Å². The molecule has 6 nitrogen and oxygen atoms in total. The number of ether oxygens (including phenoxy) is 1. The maximum absolute atomic E-state index is 12.7. The monoisotopic (exact) mass is 363 g/mol. The van der Waals surface area contributed by atoms with E-state index >= 15 is 0 Å². The Morgan fingerprint density at radius 3 is 2.78 bits per heavy atom. The lowest BCUT2D eigenvalue weighted by Gasteiger charge is -2.15.